The Labute approximate surface area is 204 Å². The first-order valence-electron chi connectivity index (χ1n) is 11.4. The number of allylic oxidation sites excluding steroid dienone is 1. The molecule has 0 heterocycles. The van der Waals surface area contributed by atoms with Crippen LogP contribution in [-0.2, 0) is 9.22 Å². The average Bonchev–Trinajstić information content (AvgIpc) is 3.11. The molecule has 34 heavy (non-hydrogen) atoms. The normalized spacial score (nSPS) is 16.6. The minimum atomic E-state index is -2.15. The fourth-order valence-electron chi connectivity index (χ4n) is 3.96. The lowest BCUT2D eigenvalue weighted by atomic mass is 9.95. The van der Waals surface area contributed by atoms with E-state index in [1.54, 1.807) is 28.4 Å². The number of benzene rings is 2. The Morgan fingerprint density at radius 1 is 0.824 bits per heavy atom. The molecule has 3 rings (SSSR count). The monoisotopic (exact) mass is 484 g/mol. The van der Waals surface area contributed by atoms with Gasteiger partial charge in [-0.2, -0.15) is 0 Å². The van der Waals surface area contributed by atoms with Gasteiger partial charge >= 0.3 is 0 Å². The lowest BCUT2D eigenvalue weighted by Crippen LogP contribution is -2.43. The summed E-state index contributed by atoms with van der Waals surface area (Å²) in [6.45, 7) is 11.0. The van der Waals surface area contributed by atoms with Gasteiger partial charge in [-0.25, -0.2) is 0 Å². The molecule has 2 aromatic rings. The van der Waals surface area contributed by atoms with Gasteiger partial charge < -0.3 is 23.4 Å². The number of ketones is 1. The number of methoxy groups -OCH3 is 4. The number of rotatable bonds is 8. The van der Waals surface area contributed by atoms with Gasteiger partial charge in [0.2, 0.25) is 5.75 Å². The maximum Gasteiger partial charge on any atom is 0.203 e. The number of Topliss-reactive ketones (excluding diaryl/α,β-unsaturated/α-hetero) is 1. The molecule has 0 saturated carbocycles. The van der Waals surface area contributed by atoms with Crippen molar-refractivity contribution in [1.29, 1.82) is 0 Å². The molecule has 0 aromatic heterocycles. The fraction of sp³-hybridized carbons (Fsp3) is 0.444. The Balaban J connectivity index is 2.25. The van der Waals surface area contributed by atoms with Crippen LogP contribution in [0.3, 0.4) is 0 Å². The summed E-state index contributed by atoms with van der Waals surface area (Å²) in [4.78, 5) is 13.5. The third kappa shape index (κ3) is 4.86. The van der Waals surface area contributed by atoms with Crippen molar-refractivity contribution >= 4 is 25.2 Å². The van der Waals surface area contributed by atoms with E-state index < -0.39 is 8.32 Å². The van der Waals surface area contributed by atoms with Crippen LogP contribution in [0.25, 0.3) is 11.1 Å². The molecule has 0 N–H and O–H groups in total. The SMILES string of the molecule is COc1ccc(C2=C(c3cc(OC)c(OC)c(OC)c3)C(=O)CC2O[Si](C)(C)C(C)(C)C)cc1. The highest BCUT2D eigenvalue weighted by Gasteiger charge is 2.44. The first-order valence-corrected chi connectivity index (χ1v) is 14.3. The van der Waals surface area contributed by atoms with E-state index in [4.69, 9.17) is 23.4 Å². The number of hydrogen-bond donors (Lipinski definition) is 0. The number of ether oxygens (including phenoxy) is 4. The molecule has 0 bridgehead atoms. The molecule has 0 saturated heterocycles. The van der Waals surface area contributed by atoms with Crippen molar-refractivity contribution in [3.05, 3.63) is 47.5 Å². The van der Waals surface area contributed by atoms with E-state index in [0.717, 1.165) is 16.9 Å². The molecule has 2 aromatic carbocycles. The van der Waals surface area contributed by atoms with E-state index in [1.807, 2.05) is 36.4 Å². The van der Waals surface area contributed by atoms with Gasteiger partial charge in [0.1, 0.15) is 5.75 Å². The lowest BCUT2D eigenvalue weighted by Gasteiger charge is -2.39. The quantitative estimate of drug-likeness (QED) is 0.429. The molecule has 1 atom stereocenters. The molecule has 0 fully saturated rings. The van der Waals surface area contributed by atoms with Crippen LogP contribution in [0.4, 0.5) is 0 Å². The molecule has 1 aliphatic carbocycles. The van der Waals surface area contributed by atoms with Crippen molar-refractivity contribution in [2.45, 2.75) is 51.4 Å². The Morgan fingerprint density at radius 3 is 1.82 bits per heavy atom. The van der Waals surface area contributed by atoms with Crippen molar-refractivity contribution in [2.24, 2.45) is 0 Å². The van der Waals surface area contributed by atoms with Gasteiger partial charge in [0, 0.05) is 12.0 Å². The second-order valence-corrected chi connectivity index (χ2v) is 14.7. The molecule has 0 spiro atoms. The predicted molar refractivity (Wildman–Crippen MR) is 138 cm³/mol. The highest BCUT2D eigenvalue weighted by Crippen LogP contribution is 2.47. The smallest absolute Gasteiger partial charge is 0.203 e. The number of carbonyl (C=O) groups excluding carboxylic acids is 1. The Hall–Kier alpha value is -2.77. The van der Waals surface area contributed by atoms with Gasteiger partial charge in [-0.1, -0.05) is 32.9 Å². The first-order chi connectivity index (χ1) is 16.0. The second-order valence-electron chi connectivity index (χ2n) is 9.93. The van der Waals surface area contributed by atoms with Crippen molar-refractivity contribution in [3.8, 4) is 23.0 Å². The van der Waals surface area contributed by atoms with Gasteiger partial charge in [-0.15, -0.1) is 0 Å². The van der Waals surface area contributed by atoms with Crippen molar-refractivity contribution in [2.75, 3.05) is 28.4 Å². The third-order valence-electron chi connectivity index (χ3n) is 6.84. The van der Waals surface area contributed by atoms with Gasteiger partial charge in [-0.05, 0) is 59.1 Å². The Morgan fingerprint density at radius 2 is 1.38 bits per heavy atom. The molecule has 0 radical (unpaired) electrons. The first kappa shape index (κ1) is 25.8. The molecule has 0 aliphatic heterocycles. The summed E-state index contributed by atoms with van der Waals surface area (Å²) in [5, 5.41) is 0.0103. The van der Waals surface area contributed by atoms with E-state index in [-0.39, 0.29) is 16.9 Å². The molecule has 184 valence electrons. The summed E-state index contributed by atoms with van der Waals surface area (Å²) in [5.41, 5.74) is 3.14. The third-order valence-corrected chi connectivity index (χ3v) is 11.3. The largest absolute Gasteiger partial charge is 0.497 e. The molecular formula is C27H36O6Si. The van der Waals surface area contributed by atoms with E-state index in [9.17, 15) is 4.79 Å². The Kier molecular flexibility index (Phi) is 7.48. The highest BCUT2D eigenvalue weighted by atomic mass is 28.4. The van der Waals surface area contributed by atoms with Gasteiger partial charge in [0.15, 0.2) is 25.6 Å². The second kappa shape index (κ2) is 9.84. The molecule has 0 amide bonds. The molecule has 1 aliphatic rings. The van der Waals surface area contributed by atoms with E-state index >= 15 is 0 Å². The van der Waals surface area contributed by atoms with Crippen LogP contribution in [0.2, 0.25) is 18.1 Å². The zero-order valence-corrected chi connectivity index (χ0v) is 22.7. The predicted octanol–water partition coefficient (Wildman–Crippen LogP) is 6.00. The standard InChI is InChI=1S/C27H36O6Si/c1-27(2,3)34(8,9)33-21-16-20(28)24(25(21)17-10-12-19(29-4)13-11-17)18-14-22(30-5)26(32-7)23(15-18)31-6/h10-15,21H,16H2,1-9H3. The maximum absolute atomic E-state index is 13.5. The van der Waals surface area contributed by atoms with Gasteiger partial charge in [0.05, 0.1) is 34.5 Å². The summed E-state index contributed by atoms with van der Waals surface area (Å²) < 4.78 is 28.8. The van der Waals surface area contributed by atoms with Crippen LogP contribution in [0.5, 0.6) is 23.0 Å². The number of carbonyl (C=O) groups is 1. The minimum absolute atomic E-state index is 0.0103. The molecule has 6 nitrogen and oxygen atoms in total. The van der Waals surface area contributed by atoms with Crippen LogP contribution in [0.1, 0.15) is 38.3 Å². The molecular weight excluding hydrogens is 448 g/mol. The molecule has 1 unspecified atom stereocenters. The van der Waals surface area contributed by atoms with Gasteiger partial charge in [-0.3, -0.25) is 4.79 Å². The summed E-state index contributed by atoms with van der Waals surface area (Å²) >= 11 is 0. The summed E-state index contributed by atoms with van der Waals surface area (Å²) in [6, 6.07) is 11.4. The topological polar surface area (TPSA) is 63.2 Å². The van der Waals surface area contributed by atoms with Crippen LogP contribution in [0, 0.1) is 0 Å². The highest BCUT2D eigenvalue weighted by molar-refractivity contribution is 6.74. The average molecular weight is 485 g/mol. The van der Waals surface area contributed by atoms with Crippen molar-refractivity contribution in [1.82, 2.24) is 0 Å². The van der Waals surface area contributed by atoms with Crippen molar-refractivity contribution in [3.63, 3.8) is 0 Å². The Bertz CT molecular complexity index is 1050. The zero-order valence-electron chi connectivity index (χ0n) is 21.7. The van der Waals surface area contributed by atoms with Crippen LogP contribution in [0.15, 0.2) is 36.4 Å². The summed E-state index contributed by atoms with van der Waals surface area (Å²) in [5.74, 6) is 2.27. The van der Waals surface area contributed by atoms with Gasteiger partial charge in [0.25, 0.3) is 0 Å². The summed E-state index contributed by atoms with van der Waals surface area (Å²) in [6.07, 6.45) is -0.0456. The van der Waals surface area contributed by atoms with E-state index in [1.165, 1.54) is 0 Å². The van der Waals surface area contributed by atoms with E-state index in [2.05, 4.69) is 33.9 Å². The van der Waals surface area contributed by atoms with Crippen LogP contribution in [-0.4, -0.2) is 48.6 Å². The number of hydrogen-bond acceptors (Lipinski definition) is 6. The lowest BCUT2D eigenvalue weighted by molar-refractivity contribution is -0.114. The maximum atomic E-state index is 13.5. The zero-order chi connectivity index (χ0) is 25.3. The van der Waals surface area contributed by atoms with E-state index in [0.29, 0.717) is 34.8 Å². The fourth-order valence-corrected chi connectivity index (χ4v) is 5.23. The molecule has 7 heteroatoms. The van der Waals surface area contributed by atoms with Crippen LogP contribution < -0.4 is 18.9 Å². The minimum Gasteiger partial charge on any atom is -0.497 e. The van der Waals surface area contributed by atoms with Crippen LogP contribution >= 0.6 is 0 Å². The van der Waals surface area contributed by atoms with Crippen molar-refractivity contribution < 1.29 is 28.2 Å². The summed E-state index contributed by atoms with van der Waals surface area (Å²) in [7, 11) is 4.18.